The molecular weight excluding hydrogens is 350 g/mol. The van der Waals surface area contributed by atoms with Gasteiger partial charge in [0.25, 0.3) is 11.8 Å². The molecule has 0 unspecified atom stereocenters. The van der Waals surface area contributed by atoms with Crippen molar-refractivity contribution >= 4 is 23.2 Å². The molecular formula is C23H21N3O2. The molecule has 3 rings (SSSR count). The van der Waals surface area contributed by atoms with Crippen LogP contribution in [0.4, 0.5) is 5.69 Å². The molecule has 3 aromatic rings. The molecule has 0 aliphatic carbocycles. The first-order chi connectivity index (χ1) is 13.5. The summed E-state index contributed by atoms with van der Waals surface area (Å²) in [5.41, 5.74) is 6.88. The summed E-state index contributed by atoms with van der Waals surface area (Å²) in [6, 6.07) is 23.7. The predicted molar refractivity (Wildman–Crippen MR) is 112 cm³/mol. The Morgan fingerprint density at radius 3 is 2.07 bits per heavy atom. The Labute approximate surface area is 164 Å². The van der Waals surface area contributed by atoms with Gasteiger partial charge in [-0.2, -0.15) is 5.10 Å². The zero-order valence-corrected chi connectivity index (χ0v) is 15.8. The summed E-state index contributed by atoms with van der Waals surface area (Å²) >= 11 is 0. The molecule has 0 atom stereocenters. The standard InChI is InChI=1S/C23H21N3O2/c1-16-8-6-7-11-21(16)23(28)26-25-17(2)18-12-14-20(15-13-18)24-22(27)19-9-4-3-5-10-19/h3-15H,1-2H3,(H,24,27)(H,26,28)/b25-17-. The molecule has 0 radical (unpaired) electrons. The van der Waals surface area contributed by atoms with Crippen LogP contribution in [0.15, 0.2) is 84.0 Å². The van der Waals surface area contributed by atoms with Gasteiger partial charge in [0.05, 0.1) is 5.71 Å². The molecule has 2 amide bonds. The molecule has 140 valence electrons. The largest absolute Gasteiger partial charge is 0.322 e. The van der Waals surface area contributed by atoms with Gasteiger partial charge in [0, 0.05) is 16.8 Å². The molecule has 5 heteroatoms. The van der Waals surface area contributed by atoms with Crippen LogP contribution in [0.2, 0.25) is 0 Å². The van der Waals surface area contributed by atoms with E-state index in [1.807, 2.05) is 62.4 Å². The van der Waals surface area contributed by atoms with Gasteiger partial charge in [-0.25, -0.2) is 5.43 Å². The highest BCUT2D eigenvalue weighted by Gasteiger charge is 2.08. The van der Waals surface area contributed by atoms with Crippen LogP contribution >= 0.6 is 0 Å². The van der Waals surface area contributed by atoms with Crippen LogP contribution in [0, 0.1) is 6.92 Å². The number of rotatable bonds is 5. The van der Waals surface area contributed by atoms with Crippen molar-refractivity contribution in [2.45, 2.75) is 13.8 Å². The quantitative estimate of drug-likeness (QED) is 0.515. The van der Waals surface area contributed by atoms with Crippen LogP contribution in [0.3, 0.4) is 0 Å². The van der Waals surface area contributed by atoms with Crippen molar-refractivity contribution in [3.63, 3.8) is 0 Å². The zero-order chi connectivity index (χ0) is 19.9. The molecule has 0 aliphatic heterocycles. The van der Waals surface area contributed by atoms with Crippen molar-refractivity contribution in [1.29, 1.82) is 0 Å². The third-order valence-electron chi connectivity index (χ3n) is 4.31. The van der Waals surface area contributed by atoms with Crippen molar-refractivity contribution in [2.24, 2.45) is 5.10 Å². The number of carbonyl (C=O) groups is 2. The number of amides is 2. The molecule has 28 heavy (non-hydrogen) atoms. The van der Waals surface area contributed by atoms with Crippen LogP contribution in [0.5, 0.6) is 0 Å². The van der Waals surface area contributed by atoms with Crippen LogP contribution in [0.25, 0.3) is 0 Å². The van der Waals surface area contributed by atoms with E-state index in [1.54, 1.807) is 30.3 Å². The van der Waals surface area contributed by atoms with Gasteiger partial charge in [-0.05, 0) is 55.3 Å². The van der Waals surface area contributed by atoms with E-state index in [4.69, 9.17) is 0 Å². The van der Waals surface area contributed by atoms with Gasteiger partial charge >= 0.3 is 0 Å². The first-order valence-corrected chi connectivity index (χ1v) is 8.91. The topological polar surface area (TPSA) is 70.6 Å². The number of aryl methyl sites for hydroxylation is 1. The highest BCUT2D eigenvalue weighted by molar-refractivity contribution is 6.05. The second-order valence-corrected chi connectivity index (χ2v) is 6.35. The number of hydrogen-bond acceptors (Lipinski definition) is 3. The number of hydrazone groups is 1. The van der Waals surface area contributed by atoms with Crippen LogP contribution in [0.1, 0.15) is 38.8 Å². The molecule has 0 aromatic heterocycles. The summed E-state index contributed by atoms with van der Waals surface area (Å²) in [4.78, 5) is 24.4. The average molecular weight is 371 g/mol. The molecule has 0 saturated heterocycles. The van der Waals surface area contributed by atoms with Crippen molar-refractivity contribution in [3.05, 3.63) is 101 Å². The molecule has 0 spiro atoms. The Bertz CT molecular complexity index is 1010. The average Bonchev–Trinajstić information content (AvgIpc) is 2.73. The van der Waals surface area contributed by atoms with E-state index in [0.717, 1.165) is 11.1 Å². The second-order valence-electron chi connectivity index (χ2n) is 6.35. The van der Waals surface area contributed by atoms with Gasteiger partial charge in [-0.15, -0.1) is 0 Å². The number of hydrogen-bond donors (Lipinski definition) is 2. The lowest BCUT2D eigenvalue weighted by molar-refractivity contribution is 0.0953. The van der Waals surface area contributed by atoms with Crippen LogP contribution in [-0.4, -0.2) is 17.5 Å². The first-order valence-electron chi connectivity index (χ1n) is 8.91. The van der Waals surface area contributed by atoms with E-state index in [2.05, 4.69) is 15.8 Å². The van der Waals surface area contributed by atoms with Gasteiger partial charge in [0.1, 0.15) is 0 Å². The Morgan fingerprint density at radius 1 is 0.750 bits per heavy atom. The van der Waals surface area contributed by atoms with E-state index in [-0.39, 0.29) is 11.8 Å². The van der Waals surface area contributed by atoms with E-state index >= 15 is 0 Å². The minimum atomic E-state index is -0.246. The highest BCUT2D eigenvalue weighted by Crippen LogP contribution is 2.12. The molecule has 0 aliphatic rings. The lowest BCUT2D eigenvalue weighted by atomic mass is 10.1. The minimum Gasteiger partial charge on any atom is -0.322 e. The zero-order valence-electron chi connectivity index (χ0n) is 15.8. The van der Waals surface area contributed by atoms with E-state index in [1.165, 1.54) is 0 Å². The SMILES string of the molecule is C/C(=N/NC(=O)c1ccccc1C)c1ccc(NC(=O)c2ccccc2)cc1. The fourth-order valence-electron chi connectivity index (χ4n) is 2.67. The normalized spacial score (nSPS) is 11.0. The van der Waals surface area contributed by atoms with Gasteiger partial charge in [-0.3, -0.25) is 9.59 Å². The van der Waals surface area contributed by atoms with E-state index in [0.29, 0.717) is 22.5 Å². The molecule has 2 N–H and O–H groups in total. The summed E-state index contributed by atoms with van der Waals surface area (Å²) in [6.45, 7) is 3.70. The fraction of sp³-hybridized carbons (Fsp3) is 0.0870. The number of anilines is 1. The number of benzene rings is 3. The lowest BCUT2D eigenvalue weighted by Gasteiger charge is -2.07. The smallest absolute Gasteiger partial charge is 0.271 e. The minimum absolute atomic E-state index is 0.163. The molecule has 0 saturated carbocycles. The summed E-state index contributed by atoms with van der Waals surface area (Å²) in [5.74, 6) is -0.409. The maximum Gasteiger partial charge on any atom is 0.271 e. The number of nitrogens with one attached hydrogen (secondary N) is 2. The molecule has 5 nitrogen and oxygen atoms in total. The Hall–Kier alpha value is -3.73. The predicted octanol–water partition coefficient (Wildman–Crippen LogP) is 4.40. The monoisotopic (exact) mass is 371 g/mol. The third kappa shape index (κ3) is 4.71. The fourth-order valence-corrected chi connectivity index (χ4v) is 2.67. The molecule has 0 heterocycles. The van der Waals surface area contributed by atoms with Crippen LogP contribution in [-0.2, 0) is 0 Å². The number of carbonyl (C=O) groups excluding carboxylic acids is 2. The molecule has 3 aromatic carbocycles. The lowest BCUT2D eigenvalue weighted by Crippen LogP contribution is -2.20. The maximum absolute atomic E-state index is 12.2. The van der Waals surface area contributed by atoms with Gasteiger partial charge in [0.2, 0.25) is 0 Å². The number of nitrogens with zero attached hydrogens (tertiary/aromatic N) is 1. The highest BCUT2D eigenvalue weighted by atomic mass is 16.2. The summed E-state index contributed by atoms with van der Waals surface area (Å²) in [5, 5.41) is 7.03. The summed E-state index contributed by atoms with van der Waals surface area (Å²) < 4.78 is 0. The van der Waals surface area contributed by atoms with Crippen molar-refractivity contribution in [3.8, 4) is 0 Å². The van der Waals surface area contributed by atoms with E-state index in [9.17, 15) is 9.59 Å². The van der Waals surface area contributed by atoms with Crippen molar-refractivity contribution in [2.75, 3.05) is 5.32 Å². The van der Waals surface area contributed by atoms with Crippen molar-refractivity contribution < 1.29 is 9.59 Å². The first kappa shape index (κ1) is 19.0. The third-order valence-corrected chi connectivity index (χ3v) is 4.31. The van der Waals surface area contributed by atoms with E-state index < -0.39 is 0 Å². The second kappa shape index (κ2) is 8.77. The summed E-state index contributed by atoms with van der Waals surface area (Å²) in [6.07, 6.45) is 0. The van der Waals surface area contributed by atoms with Gasteiger partial charge in [-0.1, -0.05) is 48.5 Å². The van der Waals surface area contributed by atoms with Gasteiger partial charge < -0.3 is 5.32 Å². The maximum atomic E-state index is 12.2. The van der Waals surface area contributed by atoms with Crippen LogP contribution < -0.4 is 10.7 Å². The summed E-state index contributed by atoms with van der Waals surface area (Å²) in [7, 11) is 0. The molecule has 0 fully saturated rings. The Morgan fingerprint density at radius 2 is 1.39 bits per heavy atom. The van der Waals surface area contributed by atoms with Crippen molar-refractivity contribution in [1.82, 2.24) is 5.43 Å². The molecule has 0 bridgehead atoms. The Kier molecular flexibility index (Phi) is 5.97. The van der Waals surface area contributed by atoms with Gasteiger partial charge in [0.15, 0.2) is 0 Å². The Balaban J connectivity index is 1.64.